The van der Waals surface area contributed by atoms with Crippen LogP contribution in [0.4, 0.5) is 4.39 Å². The highest BCUT2D eigenvalue weighted by atomic mass is 79.9. The lowest BCUT2D eigenvalue weighted by molar-refractivity contribution is 0.301. The summed E-state index contributed by atoms with van der Waals surface area (Å²) >= 11 is 3.29. The zero-order chi connectivity index (χ0) is 14.3. The number of ether oxygens (including phenoxy) is 1. The van der Waals surface area contributed by atoms with Gasteiger partial charge in [-0.15, -0.1) is 0 Å². The molecule has 1 aromatic rings. The van der Waals surface area contributed by atoms with Gasteiger partial charge >= 0.3 is 0 Å². The average Bonchev–Trinajstić information content (AvgIpc) is 2.29. The van der Waals surface area contributed by atoms with E-state index in [1.807, 2.05) is 0 Å². The van der Waals surface area contributed by atoms with Gasteiger partial charge in [-0.05, 0) is 80.7 Å². The molecule has 2 nitrogen and oxygen atoms in total. The summed E-state index contributed by atoms with van der Waals surface area (Å²) in [6.45, 7) is 8.20. The first-order valence-electron chi connectivity index (χ1n) is 6.71. The van der Waals surface area contributed by atoms with Crippen molar-refractivity contribution < 1.29 is 9.13 Å². The van der Waals surface area contributed by atoms with E-state index in [1.165, 1.54) is 12.1 Å². The number of hydrogen-bond donors (Lipinski definition) is 1. The predicted molar refractivity (Wildman–Crippen MR) is 81.2 cm³/mol. The molecule has 0 saturated carbocycles. The van der Waals surface area contributed by atoms with E-state index in [-0.39, 0.29) is 11.4 Å². The van der Waals surface area contributed by atoms with Crippen LogP contribution >= 0.6 is 15.9 Å². The first-order valence-corrected chi connectivity index (χ1v) is 7.51. The molecule has 0 fully saturated rings. The summed E-state index contributed by atoms with van der Waals surface area (Å²) in [5.74, 6) is 0.446. The second-order valence-corrected chi connectivity index (χ2v) is 6.51. The molecule has 0 spiro atoms. The standard InChI is InChI=1S/C15H23BrFNO/c1-15(2,3)18-9-5-4-6-10-19-14-8-7-12(17)11-13(14)16/h7-8,11,18H,4-6,9-10H2,1-3H3. The molecule has 0 aliphatic rings. The molecule has 0 aliphatic carbocycles. The van der Waals surface area contributed by atoms with Crippen molar-refractivity contribution in [3.8, 4) is 5.75 Å². The van der Waals surface area contributed by atoms with Gasteiger partial charge in [-0.25, -0.2) is 4.39 Å². The Morgan fingerprint density at radius 3 is 2.58 bits per heavy atom. The summed E-state index contributed by atoms with van der Waals surface area (Å²) in [7, 11) is 0. The van der Waals surface area contributed by atoms with Gasteiger partial charge in [0, 0.05) is 5.54 Å². The van der Waals surface area contributed by atoms with Crippen LogP contribution in [0.3, 0.4) is 0 Å². The second kappa shape index (κ2) is 7.85. The van der Waals surface area contributed by atoms with Crippen molar-refractivity contribution in [2.75, 3.05) is 13.2 Å². The van der Waals surface area contributed by atoms with Gasteiger partial charge in [0.2, 0.25) is 0 Å². The topological polar surface area (TPSA) is 21.3 Å². The van der Waals surface area contributed by atoms with E-state index in [0.29, 0.717) is 16.8 Å². The molecule has 1 rings (SSSR count). The van der Waals surface area contributed by atoms with E-state index in [4.69, 9.17) is 4.74 Å². The maximum absolute atomic E-state index is 12.9. The third-order valence-electron chi connectivity index (χ3n) is 2.63. The minimum Gasteiger partial charge on any atom is -0.492 e. The molecule has 0 bridgehead atoms. The molecule has 108 valence electrons. The highest BCUT2D eigenvalue weighted by molar-refractivity contribution is 9.10. The van der Waals surface area contributed by atoms with Crippen molar-refractivity contribution in [1.82, 2.24) is 5.32 Å². The molecule has 0 atom stereocenters. The molecule has 0 amide bonds. The number of benzene rings is 1. The van der Waals surface area contributed by atoms with Crippen LogP contribution in [0.25, 0.3) is 0 Å². The summed E-state index contributed by atoms with van der Waals surface area (Å²) in [6, 6.07) is 4.48. The first kappa shape index (κ1) is 16.4. The van der Waals surface area contributed by atoms with Crippen LogP contribution in [-0.2, 0) is 0 Å². The molecular weight excluding hydrogens is 309 g/mol. The molecule has 0 heterocycles. The Labute approximate surface area is 123 Å². The molecule has 0 unspecified atom stereocenters. The number of rotatable bonds is 7. The number of nitrogens with one attached hydrogen (secondary N) is 1. The smallest absolute Gasteiger partial charge is 0.133 e. The second-order valence-electron chi connectivity index (χ2n) is 5.66. The van der Waals surface area contributed by atoms with E-state index in [0.717, 1.165) is 25.8 Å². The van der Waals surface area contributed by atoms with Crippen molar-refractivity contribution in [1.29, 1.82) is 0 Å². The van der Waals surface area contributed by atoms with Crippen LogP contribution in [0.5, 0.6) is 5.75 Å². The van der Waals surface area contributed by atoms with E-state index in [9.17, 15) is 4.39 Å². The SMILES string of the molecule is CC(C)(C)NCCCCCOc1ccc(F)cc1Br. The zero-order valence-corrected chi connectivity index (χ0v) is 13.5. The summed E-state index contributed by atoms with van der Waals surface area (Å²) in [5, 5.41) is 3.46. The molecule has 0 saturated heterocycles. The zero-order valence-electron chi connectivity index (χ0n) is 11.9. The molecule has 0 aliphatic heterocycles. The Hall–Kier alpha value is -0.610. The van der Waals surface area contributed by atoms with Crippen molar-refractivity contribution >= 4 is 15.9 Å². The Kier molecular flexibility index (Phi) is 6.80. The quantitative estimate of drug-likeness (QED) is 0.741. The lowest BCUT2D eigenvalue weighted by atomic mass is 10.1. The monoisotopic (exact) mass is 331 g/mol. The maximum Gasteiger partial charge on any atom is 0.133 e. The average molecular weight is 332 g/mol. The normalized spacial score (nSPS) is 11.6. The van der Waals surface area contributed by atoms with Gasteiger partial charge in [-0.2, -0.15) is 0 Å². The van der Waals surface area contributed by atoms with Crippen LogP contribution < -0.4 is 10.1 Å². The van der Waals surface area contributed by atoms with Crippen LogP contribution in [0.15, 0.2) is 22.7 Å². The van der Waals surface area contributed by atoms with Crippen molar-refractivity contribution in [3.05, 3.63) is 28.5 Å². The van der Waals surface area contributed by atoms with E-state index in [2.05, 4.69) is 42.0 Å². The van der Waals surface area contributed by atoms with Gasteiger partial charge in [0.1, 0.15) is 11.6 Å². The molecule has 4 heteroatoms. The lowest BCUT2D eigenvalue weighted by Crippen LogP contribution is -2.36. The maximum atomic E-state index is 12.9. The van der Waals surface area contributed by atoms with Gasteiger partial charge < -0.3 is 10.1 Å². The number of hydrogen-bond acceptors (Lipinski definition) is 2. The van der Waals surface area contributed by atoms with E-state index < -0.39 is 0 Å². The molecule has 1 N–H and O–H groups in total. The summed E-state index contributed by atoms with van der Waals surface area (Å²) in [4.78, 5) is 0. The largest absolute Gasteiger partial charge is 0.492 e. The van der Waals surface area contributed by atoms with Crippen molar-refractivity contribution in [3.63, 3.8) is 0 Å². The molecular formula is C15H23BrFNO. The molecule has 1 aromatic carbocycles. The van der Waals surface area contributed by atoms with E-state index >= 15 is 0 Å². The Balaban J connectivity index is 2.11. The van der Waals surface area contributed by atoms with Crippen LogP contribution in [0.2, 0.25) is 0 Å². The van der Waals surface area contributed by atoms with Gasteiger partial charge in [0.15, 0.2) is 0 Å². The van der Waals surface area contributed by atoms with Crippen LogP contribution in [0.1, 0.15) is 40.0 Å². The first-order chi connectivity index (χ1) is 8.88. The van der Waals surface area contributed by atoms with Gasteiger partial charge in [-0.3, -0.25) is 0 Å². The number of halogens is 2. The van der Waals surface area contributed by atoms with Crippen molar-refractivity contribution in [2.45, 2.75) is 45.6 Å². The Bertz CT molecular complexity index is 390. The fourth-order valence-electron chi connectivity index (χ4n) is 1.64. The molecule has 0 aromatic heterocycles. The third kappa shape index (κ3) is 7.53. The van der Waals surface area contributed by atoms with E-state index in [1.54, 1.807) is 6.07 Å². The molecule has 19 heavy (non-hydrogen) atoms. The highest BCUT2D eigenvalue weighted by Crippen LogP contribution is 2.25. The van der Waals surface area contributed by atoms with Gasteiger partial charge in [0.25, 0.3) is 0 Å². The highest BCUT2D eigenvalue weighted by Gasteiger charge is 2.07. The minimum atomic E-state index is -0.257. The minimum absolute atomic E-state index is 0.190. The van der Waals surface area contributed by atoms with Crippen LogP contribution in [0, 0.1) is 5.82 Å². The summed E-state index contributed by atoms with van der Waals surface area (Å²) < 4.78 is 19.2. The third-order valence-corrected chi connectivity index (χ3v) is 3.25. The van der Waals surface area contributed by atoms with Gasteiger partial charge in [-0.1, -0.05) is 0 Å². The number of unbranched alkanes of at least 4 members (excludes halogenated alkanes) is 2. The lowest BCUT2D eigenvalue weighted by Gasteiger charge is -2.20. The van der Waals surface area contributed by atoms with Crippen molar-refractivity contribution in [2.24, 2.45) is 0 Å². The fraction of sp³-hybridized carbons (Fsp3) is 0.600. The fourth-order valence-corrected chi connectivity index (χ4v) is 2.11. The van der Waals surface area contributed by atoms with Crippen LogP contribution in [-0.4, -0.2) is 18.7 Å². The Morgan fingerprint density at radius 2 is 1.95 bits per heavy atom. The Morgan fingerprint density at radius 1 is 1.21 bits per heavy atom. The van der Waals surface area contributed by atoms with Gasteiger partial charge in [0.05, 0.1) is 11.1 Å². The predicted octanol–water partition coefficient (Wildman–Crippen LogP) is 4.53. The molecule has 0 radical (unpaired) electrons. The summed E-state index contributed by atoms with van der Waals surface area (Å²) in [5.41, 5.74) is 0.190. The summed E-state index contributed by atoms with van der Waals surface area (Å²) in [6.07, 6.45) is 3.28.